The number of benzene rings is 1. The zero-order chi connectivity index (χ0) is 17.5. The largest absolute Gasteiger partial charge is 0.354 e. The molecule has 1 aliphatic rings. The van der Waals surface area contributed by atoms with Crippen LogP contribution >= 0.6 is 0 Å². The number of nitrogens with zero attached hydrogens (tertiary/aromatic N) is 3. The topological polar surface area (TPSA) is 48.5 Å². The van der Waals surface area contributed by atoms with Gasteiger partial charge in [-0.05, 0) is 30.2 Å². The number of piperazine rings is 1. The fourth-order valence-corrected chi connectivity index (χ4v) is 3.16. The third-order valence-corrected chi connectivity index (χ3v) is 4.67. The molecule has 0 aliphatic carbocycles. The summed E-state index contributed by atoms with van der Waals surface area (Å²) in [5.41, 5.74) is 2.12. The normalized spacial score (nSPS) is 15.2. The second kappa shape index (κ2) is 8.62. The van der Waals surface area contributed by atoms with Gasteiger partial charge in [0.2, 0.25) is 5.91 Å². The molecule has 25 heavy (non-hydrogen) atoms. The Kier molecular flexibility index (Phi) is 6.01. The number of aromatic nitrogens is 1. The van der Waals surface area contributed by atoms with E-state index in [1.165, 1.54) is 5.56 Å². The molecule has 1 fully saturated rings. The van der Waals surface area contributed by atoms with Crippen LogP contribution in [-0.2, 0) is 11.2 Å². The second-order valence-electron chi connectivity index (χ2n) is 6.33. The minimum atomic E-state index is 0.0908. The highest BCUT2D eigenvalue weighted by Crippen LogP contribution is 2.16. The van der Waals surface area contributed by atoms with Crippen molar-refractivity contribution in [1.82, 2.24) is 9.88 Å². The van der Waals surface area contributed by atoms with Gasteiger partial charge in [0.25, 0.3) is 0 Å². The van der Waals surface area contributed by atoms with E-state index in [4.69, 9.17) is 0 Å². The van der Waals surface area contributed by atoms with Crippen molar-refractivity contribution < 1.29 is 4.79 Å². The molecule has 0 atom stereocenters. The highest BCUT2D eigenvalue weighted by molar-refractivity contribution is 5.91. The number of rotatable bonds is 6. The average Bonchev–Trinajstić information content (AvgIpc) is 2.68. The molecule has 1 aromatic carbocycles. The first-order valence-corrected chi connectivity index (χ1v) is 9.02. The number of carbonyl (C=O) groups is 1. The number of hydrogen-bond acceptors (Lipinski definition) is 4. The van der Waals surface area contributed by atoms with E-state index in [9.17, 15) is 4.79 Å². The van der Waals surface area contributed by atoms with Crippen LogP contribution in [0.3, 0.4) is 0 Å². The Morgan fingerprint density at radius 2 is 1.84 bits per heavy atom. The van der Waals surface area contributed by atoms with E-state index in [-0.39, 0.29) is 5.91 Å². The van der Waals surface area contributed by atoms with E-state index < -0.39 is 0 Å². The van der Waals surface area contributed by atoms with Crippen molar-refractivity contribution in [3.8, 4) is 0 Å². The Morgan fingerprint density at radius 1 is 1.08 bits per heavy atom. The summed E-state index contributed by atoms with van der Waals surface area (Å²) in [6.45, 7) is 6.75. The number of amides is 1. The minimum absolute atomic E-state index is 0.0908. The Morgan fingerprint density at radius 3 is 2.56 bits per heavy atom. The molecule has 2 heterocycles. The van der Waals surface area contributed by atoms with Crippen LogP contribution in [0.4, 0.5) is 11.5 Å². The molecule has 1 N–H and O–H groups in total. The SMILES string of the molecule is CCc1ccccc1NC(=O)CCN1CCN(c2ccccn2)CC1. The third kappa shape index (κ3) is 4.79. The van der Waals surface area contributed by atoms with Crippen LogP contribution in [0.5, 0.6) is 0 Å². The van der Waals surface area contributed by atoms with E-state index in [2.05, 4.69) is 33.1 Å². The molecule has 0 saturated carbocycles. The molecule has 0 spiro atoms. The van der Waals surface area contributed by atoms with Crippen molar-refractivity contribution in [3.63, 3.8) is 0 Å². The maximum atomic E-state index is 12.3. The number of anilines is 2. The standard InChI is InChI=1S/C20H26N4O/c1-2-17-7-3-4-8-18(17)22-20(25)10-12-23-13-15-24(16-14-23)19-9-5-6-11-21-19/h3-9,11H,2,10,12-16H2,1H3,(H,22,25). The van der Waals surface area contributed by atoms with E-state index in [0.29, 0.717) is 6.42 Å². The van der Waals surface area contributed by atoms with Gasteiger partial charge in [-0.25, -0.2) is 4.98 Å². The molecule has 2 aromatic rings. The van der Waals surface area contributed by atoms with Crippen LogP contribution in [0.2, 0.25) is 0 Å². The van der Waals surface area contributed by atoms with Crippen LogP contribution < -0.4 is 10.2 Å². The maximum absolute atomic E-state index is 12.3. The number of carbonyl (C=O) groups excluding carboxylic acids is 1. The number of nitrogens with one attached hydrogen (secondary N) is 1. The minimum Gasteiger partial charge on any atom is -0.354 e. The molecular formula is C20H26N4O. The molecule has 1 amide bonds. The van der Waals surface area contributed by atoms with Gasteiger partial charge in [0.1, 0.15) is 5.82 Å². The molecule has 1 saturated heterocycles. The summed E-state index contributed by atoms with van der Waals surface area (Å²) < 4.78 is 0. The van der Waals surface area contributed by atoms with Gasteiger partial charge in [-0.3, -0.25) is 9.69 Å². The van der Waals surface area contributed by atoms with E-state index in [1.54, 1.807) is 0 Å². The van der Waals surface area contributed by atoms with Gasteiger partial charge in [0.15, 0.2) is 0 Å². The highest BCUT2D eigenvalue weighted by atomic mass is 16.1. The highest BCUT2D eigenvalue weighted by Gasteiger charge is 2.18. The van der Waals surface area contributed by atoms with Crippen molar-refractivity contribution >= 4 is 17.4 Å². The maximum Gasteiger partial charge on any atom is 0.225 e. The monoisotopic (exact) mass is 338 g/mol. The Balaban J connectivity index is 1.43. The van der Waals surface area contributed by atoms with E-state index in [0.717, 1.165) is 50.6 Å². The first-order valence-electron chi connectivity index (χ1n) is 9.02. The van der Waals surface area contributed by atoms with Crippen LogP contribution in [0.15, 0.2) is 48.7 Å². The van der Waals surface area contributed by atoms with Gasteiger partial charge >= 0.3 is 0 Å². The van der Waals surface area contributed by atoms with Crippen LogP contribution in [-0.4, -0.2) is 48.5 Å². The molecule has 1 aromatic heterocycles. The van der Waals surface area contributed by atoms with Crippen LogP contribution in [0, 0.1) is 0 Å². The summed E-state index contributed by atoms with van der Waals surface area (Å²) in [4.78, 5) is 21.3. The molecule has 5 nitrogen and oxygen atoms in total. The Bertz CT molecular complexity index is 681. The van der Waals surface area contributed by atoms with Crippen molar-refractivity contribution in [1.29, 1.82) is 0 Å². The zero-order valence-electron chi connectivity index (χ0n) is 14.8. The number of aryl methyl sites for hydroxylation is 1. The van der Waals surface area contributed by atoms with Gasteiger partial charge in [-0.2, -0.15) is 0 Å². The second-order valence-corrected chi connectivity index (χ2v) is 6.33. The summed E-state index contributed by atoms with van der Waals surface area (Å²) in [5, 5.41) is 3.05. The van der Waals surface area contributed by atoms with Gasteiger partial charge in [-0.1, -0.05) is 31.2 Å². The molecule has 1 aliphatic heterocycles. The Labute approximate surface area is 149 Å². The first kappa shape index (κ1) is 17.4. The summed E-state index contributed by atoms with van der Waals surface area (Å²) in [7, 11) is 0. The van der Waals surface area contributed by atoms with Gasteiger partial charge in [-0.15, -0.1) is 0 Å². The van der Waals surface area contributed by atoms with E-state index in [1.807, 2.05) is 42.6 Å². The number of pyridine rings is 1. The van der Waals surface area contributed by atoms with Crippen molar-refractivity contribution in [3.05, 3.63) is 54.2 Å². The first-order chi connectivity index (χ1) is 12.3. The Hall–Kier alpha value is -2.40. The fraction of sp³-hybridized carbons (Fsp3) is 0.400. The number of hydrogen-bond donors (Lipinski definition) is 1. The lowest BCUT2D eigenvalue weighted by molar-refractivity contribution is -0.116. The van der Waals surface area contributed by atoms with Crippen molar-refractivity contribution in [2.24, 2.45) is 0 Å². The summed E-state index contributed by atoms with van der Waals surface area (Å²) >= 11 is 0. The van der Waals surface area contributed by atoms with Crippen molar-refractivity contribution in [2.75, 3.05) is 42.9 Å². The van der Waals surface area contributed by atoms with Crippen LogP contribution in [0.25, 0.3) is 0 Å². The number of para-hydroxylation sites is 1. The fourth-order valence-electron chi connectivity index (χ4n) is 3.16. The lowest BCUT2D eigenvalue weighted by Gasteiger charge is -2.35. The van der Waals surface area contributed by atoms with E-state index >= 15 is 0 Å². The predicted octanol–water partition coefficient (Wildman–Crippen LogP) is 2.79. The molecule has 132 valence electrons. The lowest BCUT2D eigenvalue weighted by atomic mass is 10.1. The molecule has 5 heteroatoms. The summed E-state index contributed by atoms with van der Waals surface area (Å²) in [6, 6.07) is 14.0. The zero-order valence-corrected chi connectivity index (χ0v) is 14.8. The van der Waals surface area contributed by atoms with Gasteiger partial charge in [0.05, 0.1) is 0 Å². The van der Waals surface area contributed by atoms with Gasteiger partial charge < -0.3 is 10.2 Å². The average molecular weight is 338 g/mol. The molecule has 3 rings (SSSR count). The summed E-state index contributed by atoms with van der Waals surface area (Å²) in [6.07, 6.45) is 3.29. The summed E-state index contributed by atoms with van der Waals surface area (Å²) in [5.74, 6) is 1.13. The van der Waals surface area contributed by atoms with Crippen LogP contribution in [0.1, 0.15) is 18.9 Å². The van der Waals surface area contributed by atoms with Gasteiger partial charge in [0, 0.05) is 51.0 Å². The smallest absolute Gasteiger partial charge is 0.225 e. The lowest BCUT2D eigenvalue weighted by Crippen LogP contribution is -2.47. The molecule has 0 bridgehead atoms. The quantitative estimate of drug-likeness (QED) is 0.880. The predicted molar refractivity (Wildman–Crippen MR) is 102 cm³/mol. The molecule has 0 radical (unpaired) electrons. The third-order valence-electron chi connectivity index (χ3n) is 4.67. The molecule has 0 unspecified atom stereocenters. The molecular weight excluding hydrogens is 312 g/mol. The van der Waals surface area contributed by atoms with Crippen molar-refractivity contribution in [2.45, 2.75) is 19.8 Å².